The monoisotopic (exact) mass is 424 g/mol. The Balaban J connectivity index is 1.40. The van der Waals surface area contributed by atoms with Gasteiger partial charge in [0.05, 0.1) is 4.88 Å². The molecule has 7 nitrogen and oxygen atoms in total. The Morgan fingerprint density at radius 1 is 1.13 bits per heavy atom. The molecule has 1 aliphatic rings. The lowest BCUT2D eigenvalue weighted by molar-refractivity contribution is 0.0954. The van der Waals surface area contributed by atoms with Crippen molar-refractivity contribution in [1.29, 1.82) is 0 Å². The van der Waals surface area contributed by atoms with Crippen LogP contribution < -0.4 is 10.2 Å². The molecule has 0 aliphatic carbocycles. The summed E-state index contributed by atoms with van der Waals surface area (Å²) < 4.78 is 0. The van der Waals surface area contributed by atoms with E-state index in [4.69, 9.17) is 0 Å². The summed E-state index contributed by atoms with van der Waals surface area (Å²) in [5, 5.41) is 4.02. The van der Waals surface area contributed by atoms with E-state index in [2.05, 4.69) is 43.1 Å². The van der Waals surface area contributed by atoms with E-state index in [9.17, 15) is 4.79 Å². The van der Waals surface area contributed by atoms with E-state index in [1.807, 2.05) is 33.0 Å². The van der Waals surface area contributed by atoms with Crippen LogP contribution in [0.25, 0.3) is 10.2 Å². The Hall–Kier alpha value is -2.58. The summed E-state index contributed by atoms with van der Waals surface area (Å²) in [5.74, 6) is 1.66. The van der Waals surface area contributed by atoms with Crippen LogP contribution in [-0.2, 0) is 6.54 Å². The Labute approximate surface area is 181 Å². The van der Waals surface area contributed by atoms with Crippen LogP contribution in [-0.4, -0.2) is 58.5 Å². The van der Waals surface area contributed by atoms with Gasteiger partial charge in [0.15, 0.2) is 0 Å². The molecule has 1 aliphatic heterocycles. The molecule has 8 heteroatoms. The molecular weight excluding hydrogens is 396 g/mol. The zero-order valence-electron chi connectivity index (χ0n) is 18.0. The Kier molecular flexibility index (Phi) is 5.97. The van der Waals surface area contributed by atoms with Gasteiger partial charge in [0.25, 0.3) is 5.91 Å². The molecule has 4 heterocycles. The number of nitrogens with one attached hydrogen (secondary N) is 1. The molecule has 30 heavy (non-hydrogen) atoms. The minimum atomic E-state index is -0.0766. The largest absolute Gasteiger partial charge is 0.354 e. The fraction of sp³-hybridized carbons (Fsp3) is 0.455. The number of nitrogens with zero attached hydrogens (tertiary/aromatic N) is 5. The fourth-order valence-corrected chi connectivity index (χ4v) is 5.15. The first-order chi connectivity index (χ1) is 14.5. The van der Waals surface area contributed by atoms with Crippen molar-refractivity contribution >= 4 is 33.3 Å². The number of thiophene rings is 1. The summed E-state index contributed by atoms with van der Waals surface area (Å²) in [4.78, 5) is 32.7. The summed E-state index contributed by atoms with van der Waals surface area (Å²) >= 11 is 1.43. The lowest BCUT2D eigenvalue weighted by Crippen LogP contribution is -2.46. The first-order valence-corrected chi connectivity index (χ1v) is 11.2. The molecule has 1 fully saturated rings. The van der Waals surface area contributed by atoms with Gasteiger partial charge in [0, 0.05) is 50.0 Å². The average Bonchev–Trinajstić information content (AvgIpc) is 3.09. The smallest absolute Gasteiger partial charge is 0.261 e. The van der Waals surface area contributed by atoms with Gasteiger partial charge in [0.2, 0.25) is 0 Å². The summed E-state index contributed by atoms with van der Waals surface area (Å²) in [7, 11) is 0. The highest BCUT2D eigenvalue weighted by atomic mass is 32.1. The van der Waals surface area contributed by atoms with Crippen LogP contribution in [0.5, 0.6) is 0 Å². The van der Waals surface area contributed by atoms with Gasteiger partial charge in [-0.2, -0.15) is 0 Å². The van der Waals surface area contributed by atoms with Gasteiger partial charge in [-0.1, -0.05) is 13.0 Å². The fourth-order valence-electron chi connectivity index (χ4n) is 3.95. The van der Waals surface area contributed by atoms with Crippen molar-refractivity contribution in [1.82, 2.24) is 25.2 Å². The maximum atomic E-state index is 12.8. The molecule has 0 unspecified atom stereocenters. The number of pyridine rings is 1. The molecule has 1 N–H and O–H groups in total. The van der Waals surface area contributed by atoms with Gasteiger partial charge in [-0.05, 0) is 44.5 Å². The molecule has 1 saturated heterocycles. The second-order valence-electron chi connectivity index (χ2n) is 7.72. The zero-order valence-corrected chi connectivity index (χ0v) is 18.8. The van der Waals surface area contributed by atoms with Crippen LogP contribution in [0.4, 0.5) is 5.82 Å². The van der Waals surface area contributed by atoms with Crippen LogP contribution in [0.3, 0.4) is 0 Å². The van der Waals surface area contributed by atoms with E-state index in [1.165, 1.54) is 11.3 Å². The molecule has 0 bridgehead atoms. The summed E-state index contributed by atoms with van der Waals surface area (Å²) in [5.41, 5.74) is 2.86. The number of hydrogen-bond donors (Lipinski definition) is 1. The number of hydrogen-bond acceptors (Lipinski definition) is 7. The van der Waals surface area contributed by atoms with Crippen molar-refractivity contribution in [2.24, 2.45) is 0 Å². The maximum Gasteiger partial charge on any atom is 0.261 e. The molecule has 0 saturated carbocycles. The van der Waals surface area contributed by atoms with Gasteiger partial charge in [-0.3, -0.25) is 4.79 Å². The van der Waals surface area contributed by atoms with Gasteiger partial charge in [-0.15, -0.1) is 11.3 Å². The van der Waals surface area contributed by atoms with Gasteiger partial charge >= 0.3 is 0 Å². The Morgan fingerprint density at radius 2 is 1.90 bits per heavy atom. The first-order valence-electron chi connectivity index (χ1n) is 10.4. The molecule has 0 atom stereocenters. The number of fused-ring (bicyclic) bond motifs is 1. The predicted molar refractivity (Wildman–Crippen MR) is 121 cm³/mol. The molecular formula is C22H28N6OS. The number of likely N-dealkylation sites (N-methyl/N-ethyl adjacent to an activating group) is 1. The SMILES string of the molecule is CCN1CCN(c2ccc(CNC(=O)c3sc4nc(C)nc(C)c4c3C)cn2)CC1. The minimum Gasteiger partial charge on any atom is -0.354 e. The topological polar surface area (TPSA) is 74.2 Å². The van der Waals surface area contributed by atoms with E-state index in [0.717, 1.165) is 71.4 Å². The average molecular weight is 425 g/mol. The molecule has 3 aromatic heterocycles. The van der Waals surface area contributed by atoms with Crippen molar-refractivity contribution in [2.45, 2.75) is 34.2 Å². The number of piperazine rings is 1. The zero-order chi connectivity index (χ0) is 21.3. The number of anilines is 1. The molecule has 4 rings (SSSR count). The van der Waals surface area contributed by atoms with Crippen molar-refractivity contribution in [3.63, 3.8) is 0 Å². The number of amides is 1. The summed E-state index contributed by atoms with van der Waals surface area (Å²) in [6.45, 7) is 13.7. The highest BCUT2D eigenvalue weighted by Gasteiger charge is 2.19. The van der Waals surface area contributed by atoms with Gasteiger partial charge in [-0.25, -0.2) is 15.0 Å². The molecule has 3 aromatic rings. The lowest BCUT2D eigenvalue weighted by atomic mass is 10.1. The Bertz CT molecular complexity index is 1050. The number of carbonyl (C=O) groups is 1. The number of aryl methyl sites for hydroxylation is 3. The van der Waals surface area contributed by atoms with Crippen LogP contribution in [0, 0.1) is 20.8 Å². The molecule has 0 radical (unpaired) electrons. The van der Waals surface area contributed by atoms with Crippen molar-refractivity contribution in [3.8, 4) is 0 Å². The molecule has 0 spiro atoms. The molecule has 1 amide bonds. The van der Waals surface area contributed by atoms with E-state index in [0.29, 0.717) is 11.4 Å². The van der Waals surface area contributed by atoms with Crippen LogP contribution in [0.1, 0.15) is 39.2 Å². The number of aromatic nitrogens is 3. The molecule has 158 valence electrons. The van der Waals surface area contributed by atoms with E-state index >= 15 is 0 Å². The third kappa shape index (κ3) is 4.15. The second kappa shape index (κ2) is 8.65. The highest BCUT2D eigenvalue weighted by molar-refractivity contribution is 7.20. The van der Waals surface area contributed by atoms with Gasteiger partial charge in [0.1, 0.15) is 16.5 Å². The van der Waals surface area contributed by atoms with Crippen LogP contribution in [0.15, 0.2) is 18.3 Å². The molecule has 0 aromatic carbocycles. The number of carbonyl (C=O) groups excluding carboxylic acids is 1. The van der Waals surface area contributed by atoms with Crippen LogP contribution in [0.2, 0.25) is 0 Å². The summed E-state index contributed by atoms with van der Waals surface area (Å²) in [6, 6.07) is 4.10. The maximum absolute atomic E-state index is 12.8. The van der Waals surface area contributed by atoms with E-state index < -0.39 is 0 Å². The quantitative estimate of drug-likeness (QED) is 0.679. The lowest BCUT2D eigenvalue weighted by Gasteiger charge is -2.34. The minimum absolute atomic E-state index is 0.0766. The predicted octanol–water partition coefficient (Wildman–Crippen LogP) is 3.08. The first kappa shape index (κ1) is 20.7. The Morgan fingerprint density at radius 3 is 2.57 bits per heavy atom. The highest BCUT2D eigenvalue weighted by Crippen LogP contribution is 2.31. The van der Waals surface area contributed by atoms with Crippen LogP contribution >= 0.6 is 11.3 Å². The standard InChI is InChI=1S/C22H28N6OS/c1-5-27-8-10-28(11-9-27)18-7-6-17(12-23-18)13-24-21(29)20-14(2)19-15(3)25-16(4)26-22(19)30-20/h6-7,12H,5,8-11,13H2,1-4H3,(H,24,29). The van der Waals surface area contributed by atoms with Crippen molar-refractivity contribution < 1.29 is 4.79 Å². The van der Waals surface area contributed by atoms with Gasteiger partial charge < -0.3 is 15.1 Å². The van der Waals surface area contributed by atoms with E-state index in [1.54, 1.807) is 0 Å². The third-order valence-electron chi connectivity index (χ3n) is 5.69. The number of rotatable bonds is 5. The second-order valence-corrected chi connectivity index (χ2v) is 8.72. The summed E-state index contributed by atoms with van der Waals surface area (Å²) in [6.07, 6.45) is 1.86. The van der Waals surface area contributed by atoms with Crippen molar-refractivity contribution in [3.05, 3.63) is 45.9 Å². The van der Waals surface area contributed by atoms with Crippen molar-refractivity contribution in [2.75, 3.05) is 37.6 Å². The normalized spacial score (nSPS) is 15.0. The van der Waals surface area contributed by atoms with E-state index in [-0.39, 0.29) is 5.91 Å². The third-order valence-corrected chi connectivity index (χ3v) is 6.88.